The van der Waals surface area contributed by atoms with Crippen molar-refractivity contribution in [2.75, 3.05) is 39.8 Å². The number of nitrogens with one attached hydrogen (secondary N) is 2. The Morgan fingerprint density at radius 1 is 1.25 bits per heavy atom. The molecule has 0 bridgehead atoms. The first-order chi connectivity index (χ1) is 9.80. The minimum Gasteiger partial charge on any atom is -0.469 e. The highest BCUT2D eigenvalue weighted by Crippen LogP contribution is 1.99. The van der Waals surface area contributed by atoms with Crippen molar-refractivity contribution in [1.29, 1.82) is 0 Å². The van der Waals surface area contributed by atoms with Gasteiger partial charge in [0.05, 0.1) is 6.26 Å². The third kappa shape index (κ3) is 6.61. The van der Waals surface area contributed by atoms with Gasteiger partial charge in [-0.1, -0.05) is 13.8 Å². The van der Waals surface area contributed by atoms with E-state index in [1.807, 2.05) is 12.1 Å². The van der Waals surface area contributed by atoms with E-state index in [0.717, 1.165) is 57.3 Å². The zero-order valence-electron chi connectivity index (χ0n) is 13.0. The Balaban J connectivity index is 2.10. The van der Waals surface area contributed by atoms with Gasteiger partial charge in [0.1, 0.15) is 5.76 Å². The van der Waals surface area contributed by atoms with Crippen LogP contribution in [0, 0.1) is 0 Å². The molecule has 0 spiro atoms. The van der Waals surface area contributed by atoms with E-state index < -0.39 is 0 Å². The topological polar surface area (TPSA) is 52.8 Å². The quantitative estimate of drug-likeness (QED) is 0.411. The van der Waals surface area contributed by atoms with Crippen LogP contribution in [0.25, 0.3) is 0 Å². The second kappa shape index (κ2) is 10.3. The highest BCUT2D eigenvalue weighted by Gasteiger charge is 2.01. The van der Waals surface area contributed by atoms with Crippen LogP contribution in [0.3, 0.4) is 0 Å². The Hall–Kier alpha value is -1.49. The van der Waals surface area contributed by atoms with Gasteiger partial charge in [-0.05, 0) is 38.2 Å². The molecule has 0 aliphatic heterocycles. The summed E-state index contributed by atoms with van der Waals surface area (Å²) in [5.41, 5.74) is 0. The summed E-state index contributed by atoms with van der Waals surface area (Å²) >= 11 is 0. The molecule has 5 nitrogen and oxygen atoms in total. The third-order valence-electron chi connectivity index (χ3n) is 3.31. The monoisotopic (exact) mass is 280 g/mol. The van der Waals surface area contributed by atoms with Gasteiger partial charge < -0.3 is 20.0 Å². The fraction of sp³-hybridized carbons (Fsp3) is 0.667. The van der Waals surface area contributed by atoms with E-state index >= 15 is 0 Å². The SMILES string of the molecule is CCN(CC)CCCNC(=NC)NCCc1ccco1. The predicted molar refractivity (Wildman–Crippen MR) is 84.2 cm³/mol. The van der Waals surface area contributed by atoms with Gasteiger partial charge in [0.2, 0.25) is 0 Å². The molecule has 114 valence electrons. The summed E-state index contributed by atoms with van der Waals surface area (Å²) in [6.07, 6.45) is 3.70. The normalized spacial score (nSPS) is 11.9. The minimum atomic E-state index is 0.823. The summed E-state index contributed by atoms with van der Waals surface area (Å²) in [7, 11) is 1.80. The van der Waals surface area contributed by atoms with Crippen molar-refractivity contribution in [3.63, 3.8) is 0 Å². The first-order valence-electron chi connectivity index (χ1n) is 7.49. The summed E-state index contributed by atoms with van der Waals surface area (Å²) in [4.78, 5) is 6.64. The number of aliphatic imine (C=N–C) groups is 1. The lowest BCUT2D eigenvalue weighted by atomic mass is 10.3. The van der Waals surface area contributed by atoms with E-state index in [9.17, 15) is 0 Å². The Labute approximate surface area is 122 Å². The summed E-state index contributed by atoms with van der Waals surface area (Å²) < 4.78 is 5.29. The molecule has 1 aromatic rings. The average molecular weight is 280 g/mol. The molecular weight excluding hydrogens is 252 g/mol. The zero-order valence-corrected chi connectivity index (χ0v) is 13.0. The van der Waals surface area contributed by atoms with Crippen LogP contribution in [-0.4, -0.2) is 50.6 Å². The van der Waals surface area contributed by atoms with Crippen LogP contribution in [0.4, 0.5) is 0 Å². The average Bonchev–Trinajstić information content (AvgIpc) is 2.98. The lowest BCUT2D eigenvalue weighted by Crippen LogP contribution is -2.39. The molecule has 0 amide bonds. The van der Waals surface area contributed by atoms with Crippen molar-refractivity contribution in [2.24, 2.45) is 4.99 Å². The van der Waals surface area contributed by atoms with Gasteiger partial charge >= 0.3 is 0 Å². The molecule has 1 heterocycles. The maximum atomic E-state index is 5.29. The zero-order chi connectivity index (χ0) is 14.6. The Morgan fingerprint density at radius 3 is 2.60 bits per heavy atom. The maximum Gasteiger partial charge on any atom is 0.190 e. The van der Waals surface area contributed by atoms with Crippen molar-refractivity contribution < 1.29 is 4.42 Å². The highest BCUT2D eigenvalue weighted by atomic mass is 16.3. The van der Waals surface area contributed by atoms with E-state index in [2.05, 4.69) is 34.4 Å². The fourth-order valence-electron chi connectivity index (χ4n) is 2.03. The van der Waals surface area contributed by atoms with Gasteiger partial charge in [-0.3, -0.25) is 4.99 Å². The number of nitrogens with zero attached hydrogens (tertiary/aromatic N) is 2. The van der Waals surface area contributed by atoms with E-state index in [4.69, 9.17) is 4.42 Å². The summed E-state index contributed by atoms with van der Waals surface area (Å²) in [5.74, 6) is 1.85. The van der Waals surface area contributed by atoms with Gasteiger partial charge in [0.15, 0.2) is 5.96 Å². The number of rotatable bonds is 9. The van der Waals surface area contributed by atoms with Crippen molar-refractivity contribution in [3.8, 4) is 0 Å². The van der Waals surface area contributed by atoms with Crippen molar-refractivity contribution >= 4 is 5.96 Å². The van der Waals surface area contributed by atoms with Crippen LogP contribution in [0.5, 0.6) is 0 Å². The Morgan fingerprint density at radius 2 is 2.00 bits per heavy atom. The summed E-state index contributed by atoms with van der Waals surface area (Å²) in [5, 5.41) is 6.62. The molecule has 2 N–H and O–H groups in total. The molecule has 0 aromatic carbocycles. The van der Waals surface area contributed by atoms with E-state index in [1.54, 1.807) is 13.3 Å². The van der Waals surface area contributed by atoms with E-state index in [1.165, 1.54) is 0 Å². The van der Waals surface area contributed by atoms with E-state index in [0.29, 0.717) is 0 Å². The van der Waals surface area contributed by atoms with Crippen LogP contribution in [0.1, 0.15) is 26.0 Å². The number of furan rings is 1. The molecule has 1 aromatic heterocycles. The first kappa shape index (κ1) is 16.6. The van der Waals surface area contributed by atoms with E-state index in [-0.39, 0.29) is 0 Å². The van der Waals surface area contributed by atoms with Crippen LogP contribution in [0.15, 0.2) is 27.8 Å². The lowest BCUT2D eigenvalue weighted by molar-refractivity contribution is 0.300. The molecule has 0 aliphatic carbocycles. The second-order valence-corrected chi connectivity index (χ2v) is 4.64. The molecule has 0 aliphatic rings. The van der Waals surface area contributed by atoms with Crippen LogP contribution < -0.4 is 10.6 Å². The highest BCUT2D eigenvalue weighted by molar-refractivity contribution is 5.79. The van der Waals surface area contributed by atoms with Gasteiger partial charge in [0.25, 0.3) is 0 Å². The molecule has 20 heavy (non-hydrogen) atoms. The molecule has 0 atom stereocenters. The molecule has 0 radical (unpaired) electrons. The Kier molecular flexibility index (Phi) is 8.54. The minimum absolute atomic E-state index is 0.823. The van der Waals surface area contributed by atoms with Crippen molar-refractivity contribution in [3.05, 3.63) is 24.2 Å². The summed E-state index contributed by atoms with van der Waals surface area (Å²) in [6, 6.07) is 3.90. The number of hydrogen-bond acceptors (Lipinski definition) is 3. The molecule has 1 rings (SSSR count). The fourth-order valence-corrected chi connectivity index (χ4v) is 2.03. The van der Waals surface area contributed by atoms with Gasteiger partial charge in [-0.2, -0.15) is 0 Å². The molecule has 5 heteroatoms. The molecular formula is C15H28N4O. The molecule has 0 fully saturated rings. The van der Waals surface area contributed by atoms with Crippen molar-refractivity contribution in [2.45, 2.75) is 26.7 Å². The van der Waals surface area contributed by atoms with Crippen molar-refractivity contribution in [1.82, 2.24) is 15.5 Å². The molecule has 0 saturated heterocycles. The third-order valence-corrected chi connectivity index (χ3v) is 3.31. The second-order valence-electron chi connectivity index (χ2n) is 4.64. The predicted octanol–water partition coefficient (Wildman–Crippen LogP) is 1.72. The lowest BCUT2D eigenvalue weighted by Gasteiger charge is -2.18. The largest absolute Gasteiger partial charge is 0.469 e. The smallest absolute Gasteiger partial charge is 0.190 e. The maximum absolute atomic E-state index is 5.29. The number of guanidine groups is 1. The van der Waals surface area contributed by atoms with Gasteiger partial charge in [0, 0.05) is 26.6 Å². The van der Waals surface area contributed by atoms with Crippen LogP contribution in [-0.2, 0) is 6.42 Å². The summed E-state index contributed by atoms with van der Waals surface area (Å²) in [6.45, 7) is 9.53. The van der Waals surface area contributed by atoms with Gasteiger partial charge in [-0.15, -0.1) is 0 Å². The van der Waals surface area contributed by atoms with Gasteiger partial charge in [-0.25, -0.2) is 0 Å². The molecule has 0 saturated carbocycles. The molecule has 0 unspecified atom stereocenters. The van der Waals surface area contributed by atoms with Crippen LogP contribution in [0.2, 0.25) is 0 Å². The Bertz CT molecular complexity index is 358. The standard InChI is InChI=1S/C15H28N4O/c1-4-19(5-2)12-7-10-17-15(16-3)18-11-9-14-8-6-13-20-14/h6,8,13H,4-5,7,9-12H2,1-3H3,(H2,16,17,18). The first-order valence-corrected chi connectivity index (χ1v) is 7.49. The van der Waals surface area contributed by atoms with Crippen LogP contribution >= 0.6 is 0 Å². The number of hydrogen-bond donors (Lipinski definition) is 2.